The van der Waals surface area contributed by atoms with Crippen LogP contribution in [0.1, 0.15) is 45.9 Å². The first-order valence-corrected chi connectivity index (χ1v) is 8.87. The molecule has 0 aromatic carbocycles. The normalized spacial score (nSPS) is 12.8. The molecule has 110 valence electrons. The summed E-state index contributed by atoms with van der Waals surface area (Å²) in [7, 11) is 0. The molecule has 0 amide bonds. The Balaban J connectivity index is 1.94. The van der Waals surface area contributed by atoms with Crippen LogP contribution in [0.2, 0.25) is 0 Å². The van der Waals surface area contributed by atoms with Gasteiger partial charge in [0.1, 0.15) is 0 Å². The quantitative estimate of drug-likeness (QED) is 0.738. The monoisotopic (exact) mass is 307 g/mol. The smallest absolute Gasteiger partial charge is 0.0351 e. The molecule has 0 fully saturated rings. The maximum absolute atomic E-state index is 3.70. The molecule has 0 atom stereocenters. The van der Waals surface area contributed by atoms with Gasteiger partial charge in [0, 0.05) is 27.4 Å². The first-order chi connectivity index (χ1) is 9.25. The number of hydrogen-bond acceptors (Lipinski definition) is 3. The highest BCUT2D eigenvalue weighted by Crippen LogP contribution is 2.30. The van der Waals surface area contributed by atoms with Crippen molar-refractivity contribution >= 4 is 22.7 Å². The van der Waals surface area contributed by atoms with Crippen molar-refractivity contribution < 1.29 is 0 Å². The molecule has 0 aliphatic carbocycles. The Morgan fingerprint density at radius 1 is 1.10 bits per heavy atom. The average Bonchev–Trinajstić information content (AvgIpc) is 2.94. The van der Waals surface area contributed by atoms with Gasteiger partial charge in [-0.25, -0.2) is 0 Å². The Morgan fingerprint density at radius 3 is 2.45 bits per heavy atom. The van der Waals surface area contributed by atoms with Crippen LogP contribution in [-0.4, -0.2) is 5.54 Å². The molecule has 0 aliphatic heterocycles. The molecule has 0 unspecified atom stereocenters. The lowest BCUT2D eigenvalue weighted by Crippen LogP contribution is -2.41. The SMILES string of the molecule is CC(C)(C)CC(C)(C)NCc1cc(-c2cccs2)cs1. The highest BCUT2D eigenvalue weighted by Gasteiger charge is 2.24. The lowest BCUT2D eigenvalue weighted by molar-refractivity contribution is 0.241. The fraction of sp³-hybridized carbons (Fsp3) is 0.529. The number of rotatable bonds is 5. The van der Waals surface area contributed by atoms with E-state index in [1.807, 2.05) is 22.7 Å². The first-order valence-electron chi connectivity index (χ1n) is 7.12. The van der Waals surface area contributed by atoms with E-state index in [1.54, 1.807) is 0 Å². The fourth-order valence-electron chi connectivity index (χ4n) is 2.76. The minimum absolute atomic E-state index is 0.172. The zero-order valence-corrected chi connectivity index (χ0v) is 14.8. The summed E-state index contributed by atoms with van der Waals surface area (Å²) in [5.74, 6) is 0. The van der Waals surface area contributed by atoms with E-state index in [-0.39, 0.29) is 5.54 Å². The minimum Gasteiger partial charge on any atom is -0.307 e. The number of thiophene rings is 2. The first kappa shape index (κ1) is 15.7. The highest BCUT2D eigenvalue weighted by molar-refractivity contribution is 7.14. The van der Waals surface area contributed by atoms with Crippen molar-refractivity contribution in [3.8, 4) is 10.4 Å². The standard InChI is InChI=1S/C17H25NS2/c1-16(2,3)12-17(4,5)18-10-14-9-13(11-20-14)15-7-6-8-19-15/h6-9,11,18H,10,12H2,1-5H3. The van der Waals surface area contributed by atoms with Crippen molar-refractivity contribution in [3.63, 3.8) is 0 Å². The summed E-state index contributed by atoms with van der Waals surface area (Å²) in [6.45, 7) is 12.5. The van der Waals surface area contributed by atoms with Crippen LogP contribution in [-0.2, 0) is 6.54 Å². The molecule has 1 nitrogen and oxygen atoms in total. The molecule has 1 N–H and O–H groups in total. The summed E-state index contributed by atoms with van der Waals surface area (Å²) < 4.78 is 0. The van der Waals surface area contributed by atoms with Crippen LogP contribution >= 0.6 is 22.7 Å². The van der Waals surface area contributed by atoms with Crippen LogP contribution in [0.4, 0.5) is 0 Å². The maximum Gasteiger partial charge on any atom is 0.0351 e. The van der Waals surface area contributed by atoms with Crippen LogP contribution in [0.5, 0.6) is 0 Å². The van der Waals surface area contributed by atoms with Crippen LogP contribution in [0.3, 0.4) is 0 Å². The molecule has 0 saturated carbocycles. The Labute approximate surface area is 131 Å². The van der Waals surface area contributed by atoms with Crippen molar-refractivity contribution in [1.29, 1.82) is 0 Å². The van der Waals surface area contributed by atoms with E-state index < -0.39 is 0 Å². The van der Waals surface area contributed by atoms with Crippen LogP contribution in [0, 0.1) is 5.41 Å². The summed E-state index contributed by atoms with van der Waals surface area (Å²) in [5, 5.41) is 8.10. The predicted octanol–water partition coefficient (Wildman–Crippen LogP) is 5.78. The van der Waals surface area contributed by atoms with Gasteiger partial charge >= 0.3 is 0 Å². The Bertz CT molecular complexity index is 530. The van der Waals surface area contributed by atoms with Gasteiger partial charge in [-0.2, -0.15) is 0 Å². The second-order valence-electron chi connectivity index (χ2n) is 7.25. The summed E-state index contributed by atoms with van der Waals surface area (Å²) >= 11 is 3.66. The maximum atomic E-state index is 3.70. The van der Waals surface area contributed by atoms with Gasteiger partial charge in [-0.1, -0.05) is 26.8 Å². The Hall–Kier alpha value is -0.640. The van der Waals surface area contributed by atoms with Gasteiger partial charge in [0.25, 0.3) is 0 Å². The molecule has 2 aromatic heterocycles. The molecule has 0 aliphatic rings. The van der Waals surface area contributed by atoms with Gasteiger partial charge in [0.05, 0.1) is 0 Å². The van der Waals surface area contributed by atoms with Crippen LogP contribution in [0.15, 0.2) is 29.0 Å². The molecule has 0 radical (unpaired) electrons. The average molecular weight is 308 g/mol. The summed E-state index contributed by atoms with van der Waals surface area (Å²) in [6, 6.07) is 6.62. The van der Waals surface area contributed by atoms with Gasteiger partial charge in [0.15, 0.2) is 0 Å². The molecule has 0 saturated heterocycles. The Morgan fingerprint density at radius 2 is 1.85 bits per heavy atom. The van der Waals surface area contributed by atoms with E-state index in [9.17, 15) is 0 Å². The van der Waals surface area contributed by atoms with Gasteiger partial charge < -0.3 is 5.32 Å². The van der Waals surface area contributed by atoms with Crippen LogP contribution in [0.25, 0.3) is 10.4 Å². The van der Waals surface area contributed by atoms with E-state index in [0.29, 0.717) is 5.41 Å². The summed E-state index contributed by atoms with van der Waals surface area (Å²) in [4.78, 5) is 2.77. The topological polar surface area (TPSA) is 12.0 Å². The van der Waals surface area contributed by atoms with Crippen molar-refractivity contribution in [2.24, 2.45) is 5.41 Å². The molecule has 20 heavy (non-hydrogen) atoms. The highest BCUT2D eigenvalue weighted by atomic mass is 32.1. The van der Waals surface area contributed by atoms with E-state index in [2.05, 4.69) is 68.9 Å². The lowest BCUT2D eigenvalue weighted by Gasteiger charge is -2.33. The van der Waals surface area contributed by atoms with Gasteiger partial charge in [-0.05, 0) is 48.6 Å². The van der Waals surface area contributed by atoms with Gasteiger partial charge in [-0.3, -0.25) is 0 Å². The second-order valence-corrected chi connectivity index (χ2v) is 9.20. The third-order valence-electron chi connectivity index (χ3n) is 3.17. The van der Waals surface area contributed by atoms with Crippen molar-refractivity contribution in [2.45, 2.75) is 53.1 Å². The molecule has 2 aromatic rings. The molecule has 3 heteroatoms. The van der Waals surface area contributed by atoms with Crippen molar-refractivity contribution in [2.75, 3.05) is 0 Å². The van der Waals surface area contributed by atoms with E-state index >= 15 is 0 Å². The zero-order valence-electron chi connectivity index (χ0n) is 13.1. The lowest BCUT2D eigenvalue weighted by atomic mass is 9.82. The molecule has 0 bridgehead atoms. The third-order valence-corrected chi connectivity index (χ3v) is 5.03. The van der Waals surface area contributed by atoms with E-state index in [1.165, 1.54) is 21.7 Å². The largest absolute Gasteiger partial charge is 0.307 e. The van der Waals surface area contributed by atoms with Crippen LogP contribution < -0.4 is 5.32 Å². The van der Waals surface area contributed by atoms with Crippen molar-refractivity contribution in [1.82, 2.24) is 5.32 Å². The van der Waals surface area contributed by atoms with Gasteiger partial charge in [-0.15, -0.1) is 22.7 Å². The fourth-order valence-corrected chi connectivity index (χ4v) is 4.37. The summed E-state index contributed by atoms with van der Waals surface area (Å²) in [5.41, 5.74) is 1.88. The zero-order chi connectivity index (χ0) is 14.8. The molecule has 2 rings (SSSR count). The summed E-state index contributed by atoms with van der Waals surface area (Å²) in [6.07, 6.45) is 1.17. The van der Waals surface area contributed by atoms with Crippen molar-refractivity contribution in [3.05, 3.63) is 33.8 Å². The molecule has 0 spiro atoms. The molecular weight excluding hydrogens is 282 g/mol. The van der Waals surface area contributed by atoms with Gasteiger partial charge in [0.2, 0.25) is 0 Å². The number of nitrogens with one attached hydrogen (secondary N) is 1. The second kappa shape index (κ2) is 6.00. The Kier molecular flexibility index (Phi) is 4.73. The van der Waals surface area contributed by atoms with E-state index in [4.69, 9.17) is 0 Å². The molecule has 2 heterocycles. The third kappa shape index (κ3) is 4.72. The predicted molar refractivity (Wildman–Crippen MR) is 92.6 cm³/mol. The minimum atomic E-state index is 0.172. The van der Waals surface area contributed by atoms with E-state index in [0.717, 1.165) is 6.54 Å². The molecular formula is C17H25NS2. The number of hydrogen-bond donors (Lipinski definition) is 1.